The van der Waals surface area contributed by atoms with Crippen molar-refractivity contribution >= 4 is 28.3 Å². The third kappa shape index (κ3) is 3.92. The largest absolute Gasteiger partial charge is 0.396 e. The van der Waals surface area contributed by atoms with Gasteiger partial charge in [-0.25, -0.2) is 4.98 Å². The first kappa shape index (κ1) is 18.5. The van der Waals surface area contributed by atoms with E-state index < -0.39 is 0 Å². The van der Waals surface area contributed by atoms with Crippen LogP contribution in [-0.4, -0.2) is 52.1 Å². The number of rotatable bonds is 8. The summed E-state index contributed by atoms with van der Waals surface area (Å²) in [5, 5.41) is 18.8. The first-order chi connectivity index (χ1) is 12.6. The summed E-state index contributed by atoms with van der Waals surface area (Å²) in [6, 6.07) is 5.77. The van der Waals surface area contributed by atoms with Gasteiger partial charge >= 0.3 is 0 Å². The van der Waals surface area contributed by atoms with E-state index in [-0.39, 0.29) is 12.5 Å². The lowest BCUT2D eigenvalue weighted by atomic mass is 10.1. The summed E-state index contributed by atoms with van der Waals surface area (Å²) < 4.78 is 7.06. The molecule has 0 aliphatic heterocycles. The van der Waals surface area contributed by atoms with Crippen LogP contribution in [-0.2, 0) is 11.8 Å². The highest BCUT2D eigenvalue weighted by Crippen LogP contribution is 2.29. The van der Waals surface area contributed by atoms with Crippen LogP contribution in [0.3, 0.4) is 0 Å². The van der Waals surface area contributed by atoms with Crippen LogP contribution in [0.4, 0.5) is 0 Å². The van der Waals surface area contributed by atoms with Gasteiger partial charge in [0, 0.05) is 26.8 Å². The quantitative estimate of drug-likeness (QED) is 0.590. The summed E-state index contributed by atoms with van der Waals surface area (Å²) in [5.74, 6) is -0.169. The van der Waals surface area contributed by atoms with Crippen molar-refractivity contribution in [1.82, 2.24) is 20.1 Å². The summed E-state index contributed by atoms with van der Waals surface area (Å²) in [7, 11) is 1.83. The maximum Gasteiger partial charge on any atom is 0.252 e. The van der Waals surface area contributed by atoms with Gasteiger partial charge in [0.25, 0.3) is 5.91 Å². The molecule has 3 aromatic rings. The SMILES string of the molecule is Cc1nn(C)c2nc(-c3cccs3)cc(C(=O)NCCOCCCO)c12. The Bertz CT molecular complexity index is 890. The predicted octanol–water partition coefficient (Wildman–Crippen LogP) is 2.13. The molecule has 0 radical (unpaired) electrons. The standard InChI is InChI=1S/C18H22N4O3S/c1-12-16-13(18(24)19-6-9-25-8-4-7-23)11-14(15-5-3-10-26-15)20-17(16)22(2)21-12/h3,5,10-11,23H,4,6-9H2,1-2H3,(H,19,24). The number of fused-ring (bicyclic) bond motifs is 1. The highest BCUT2D eigenvalue weighted by atomic mass is 32.1. The Balaban J connectivity index is 1.85. The molecule has 0 saturated heterocycles. The number of aliphatic hydroxyl groups is 1. The molecule has 0 spiro atoms. The average Bonchev–Trinajstić information content (AvgIpc) is 3.26. The van der Waals surface area contributed by atoms with Crippen molar-refractivity contribution in [1.29, 1.82) is 0 Å². The molecule has 3 aromatic heterocycles. The number of hydrogen-bond donors (Lipinski definition) is 2. The lowest BCUT2D eigenvalue weighted by Crippen LogP contribution is -2.27. The van der Waals surface area contributed by atoms with Crippen LogP contribution < -0.4 is 5.32 Å². The molecule has 0 unspecified atom stereocenters. The molecule has 0 fully saturated rings. The number of aryl methyl sites for hydroxylation is 2. The normalized spacial score (nSPS) is 11.2. The number of nitrogens with zero attached hydrogens (tertiary/aromatic N) is 3. The van der Waals surface area contributed by atoms with Gasteiger partial charge < -0.3 is 15.2 Å². The lowest BCUT2D eigenvalue weighted by molar-refractivity contribution is 0.0899. The molecule has 3 heterocycles. The fourth-order valence-electron chi connectivity index (χ4n) is 2.78. The molecule has 138 valence electrons. The molecular formula is C18H22N4O3S. The number of nitrogens with one attached hydrogen (secondary N) is 1. The average molecular weight is 374 g/mol. The highest BCUT2D eigenvalue weighted by molar-refractivity contribution is 7.13. The number of carbonyl (C=O) groups excluding carboxylic acids is 1. The van der Waals surface area contributed by atoms with Crippen molar-refractivity contribution in [3.05, 3.63) is 34.8 Å². The summed E-state index contributed by atoms with van der Waals surface area (Å²) in [6.07, 6.45) is 0.595. The van der Waals surface area contributed by atoms with Gasteiger partial charge in [-0.1, -0.05) is 6.07 Å². The molecular weight excluding hydrogens is 352 g/mol. The number of ether oxygens (including phenoxy) is 1. The zero-order chi connectivity index (χ0) is 18.5. The van der Waals surface area contributed by atoms with Gasteiger partial charge in [0.05, 0.1) is 33.8 Å². The second-order valence-electron chi connectivity index (χ2n) is 5.89. The van der Waals surface area contributed by atoms with Crippen LogP contribution in [0.25, 0.3) is 21.6 Å². The van der Waals surface area contributed by atoms with Gasteiger partial charge in [0.2, 0.25) is 0 Å². The van der Waals surface area contributed by atoms with Gasteiger partial charge in [-0.2, -0.15) is 5.10 Å². The molecule has 0 aromatic carbocycles. The second kappa shape index (κ2) is 8.39. The third-order valence-corrected chi connectivity index (χ3v) is 4.86. The molecule has 3 rings (SSSR count). The number of thiophene rings is 1. The van der Waals surface area contributed by atoms with Crippen LogP contribution in [0.1, 0.15) is 22.5 Å². The first-order valence-electron chi connectivity index (χ1n) is 8.47. The molecule has 26 heavy (non-hydrogen) atoms. The monoisotopic (exact) mass is 374 g/mol. The number of aromatic nitrogens is 3. The number of carbonyl (C=O) groups is 1. The molecule has 8 heteroatoms. The fourth-order valence-corrected chi connectivity index (χ4v) is 3.46. The molecule has 0 aliphatic rings. The molecule has 7 nitrogen and oxygen atoms in total. The van der Waals surface area contributed by atoms with Gasteiger partial charge in [-0.3, -0.25) is 9.48 Å². The second-order valence-corrected chi connectivity index (χ2v) is 6.83. The van der Waals surface area contributed by atoms with Crippen molar-refractivity contribution in [3.63, 3.8) is 0 Å². The van der Waals surface area contributed by atoms with Crippen LogP contribution in [0.2, 0.25) is 0 Å². The summed E-state index contributed by atoms with van der Waals surface area (Å²) >= 11 is 1.58. The van der Waals surface area contributed by atoms with E-state index in [1.807, 2.05) is 37.6 Å². The Morgan fingerprint density at radius 3 is 3.00 bits per heavy atom. The van der Waals surface area contributed by atoms with E-state index in [4.69, 9.17) is 14.8 Å². The Labute approximate surface area is 155 Å². The maximum absolute atomic E-state index is 12.8. The molecule has 1 amide bonds. The molecule has 2 N–H and O–H groups in total. The summed E-state index contributed by atoms with van der Waals surface area (Å²) in [6.45, 7) is 3.28. The van der Waals surface area contributed by atoms with Crippen LogP contribution in [0.5, 0.6) is 0 Å². The molecule has 0 bridgehead atoms. The van der Waals surface area contributed by atoms with Crippen LogP contribution >= 0.6 is 11.3 Å². The van der Waals surface area contributed by atoms with E-state index in [1.54, 1.807) is 16.0 Å². The summed E-state index contributed by atoms with van der Waals surface area (Å²) in [4.78, 5) is 18.5. The molecule has 0 saturated carbocycles. The van der Waals surface area contributed by atoms with E-state index in [1.165, 1.54) is 0 Å². The topological polar surface area (TPSA) is 89.3 Å². The van der Waals surface area contributed by atoms with Crippen molar-refractivity contribution in [2.24, 2.45) is 7.05 Å². The van der Waals surface area contributed by atoms with Gasteiger partial charge in [-0.05, 0) is 30.9 Å². The van der Waals surface area contributed by atoms with E-state index in [0.29, 0.717) is 37.4 Å². The van der Waals surface area contributed by atoms with Crippen molar-refractivity contribution in [3.8, 4) is 10.6 Å². The third-order valence-electron chi connectivity index (χ3n) is 3.97. The maximum atomic E-state index is 12.8. The van der Waals surface area contributed by atoms with Gasteiger partial charge in [0.15, 0.2) is 5.65 Å². The zero-order valence-corrected chi connectivity index (χ0v) is 15.7. The smallest absolute Gasteiger partial charge is 0.252 e. The van der Waals surface area contributed by atoms with E-state index in [2.05, 4.69) is 10.4 Å². The van der Waals surface area contributed by atoms with Gasteiger partial charge in [0.1, 0.15) is 0 Å². The van der Waals surface area contributed by atoms with E-state index >= 15 is 0 Å². The molecule has 0 aliphatic carbocycles. The number of hydrogen-bond acceptors (Lipinski definition) is 6. The minimum Gasteiger partial charge on any atom is -0.396 e. The van der Waals surface area contributed by atoms with Crippen LogP contribution in [0, 0.1) is 6.92 Å². The predicted molar refractivity (Wildman–Crippen MR) is 101 cm³/mol. The minimum absolute atomic E-state index is 0.104. The van der Waals surface area contributed by atoms with Gasteiger partial charge in [-0.15, -0.1) is 11.3 Å². The van der Waals surface area contributed by atoms with E-state index in [9.17, 15) is 4.79 Å². The fraction of sp³-hybridized carbons (Fsp3) is 0.389. The highest BCUT2D eigenvalue weighted by Gasteiger charge is 2.19. The van der Waals surface area contributed by atoms with Crippen LogP contribution in [0.15, 0.2) is 23.6 Å². The van der Waals surface area contributed by atoms with Crippen molar-refractivity contribution in [2.75, 3.05) is 26.4 Å². The Kier molecular flexibility index (Phi) is 5.97. The van der Waals surface area contributed by atoms with Crippen molar-refractivity contribution in [2.45, 2.75) is 13.3 Å². The Hall–Kier alpha value is -2.29. The molecule has 0 atom stereocenters. The number of pyridine rings is 1. The lowest BCUT2D eigenvalue weighted by Gasteiger charge is -2.09. The summed E-state index contributed by atoms with van der Waals surface area (Å²) in [5.41, 5.74) is 2.80. The Morgan fingerprint density at radius 2 is 2.27 bits per heavy atom. The number of aliphatic hydroxyl groups excluding tert-OH is 1. The first-order valence-corrected chi connectivity index (χ1v) is 9.35. The van der Waals surface area contributed by atoms with Crippen molar-refractivity contribution < 1.29 is 14.6 Å². The van der Waals surface area contributed by atoms with E-state index in [0.717, 1.165) is 21.7 Å². The zero-order valence-electron chi connectivity index (χ0n) is 14.9. The number of amides is 1. The minimum atomic E-state index is -0.169. The Morgan fingerprint density at radius 1 is 1.42 bits per heavy atom.